The molecular formula is C17H27NO2S. The average Bonchev–Trinajstić information content (AvgIpc) is 2.75. The highest BCUT2D eigenvalue weighted by Gasteiger charge is 2.34. The Hall–Kier alpha value is -0.870. The molecule has 4 heteroatoms. The summed E-state index contributed by atoms with van der Waals surface area (Å²) in [6, 6.07) is 10.4. The zero-order valence-corrected chi connectivity index (χ0v) is 14.1. The fourth-order valence-electron chi connectivity index (χ4n) is 2.96. The summed E-state index contributed by atoms with van der Waals surface area (Å²) in [5.41, 5.74) is 1.36. The first-order valence-electron chi connectivity index (χ1n) is 7.74. The Morgan fingerprint density at radius 3 is 2.43 bits per heavy atom. The van der Waals surface area contributed by atoms with E-state index in [4.69, 9.17) is 0 Å². The summed E-state index contributed by atoms with van der Waals surface area (Å²) in [6.45, 7) is 7.33. The highest BCUT2D eigenvalue weighted by molar-refractivity contribution is 7.91. The number of hydrogen-bond acceptors (Lipinski definition) is 3. The van der Waals surface area contributed by atoms with E-state index in [1.165, 1.54) is 5.56 Å². The van der Waals surface area contributed by atoms with Gasteiger partial charge in [0.05, 0.1) is 11.5 Å². The first-order valence-corrected chi connectivity index (χ1v) is 9.57. The van der Waals surface area contributed by atoms with Gasteiger partial charge >= 0.3 is 0 Å². The Balaban J connectivity index is 2.07. The number of benzene rings is 1. The van der Waals surface area contributed by atoms with Crippen LogP contribution >= 0.6 is 0 Å². The molecule has 1 aliphatic heterocycles. The van der Waals surface area contributed by atoms with E-state index >= 15 is 0 Å². The Labute approximate surface area is 129 Å². The zero-order valence-electron chi connectivity index (χ0n) is 13.3. The summed E-state index contributed by atoms with van der Waals surface area (Å²) in [4.78, 5) is 0. The largest absolute Gasteiger partial charge is 0.312 e. The van der Waals surface area contributed by atoms with Crippen LogP contribution in [0.2, 0.25) is 0 Å². The van der Waals surface area contributed by atoms with Gasteiger partial charge in [-0.3, -0.25) is 0 Å². The normalized spacial score (nSPS) is 23.1. The van der Waals surface area contributed by atoms with E-state index in [2.05, 4.69) is 50.4 Å². The highest BCUT2D eigenvalue weighted by atomic mass is 32.2. The van der Waals surface area contributed by atoms with Crippen LogP contribution in [0.1, 0.15) is 32.8 Å². The van der Waals surface area contributed by atoms with Crippen molar-refractivity contribution in [1.82, 2.24) is 5.32 Å². The topological polar surface area (TPSA) is 46.2 Å². The molecule has 1 fully saturated rings. The van der Waals surface area contributed by atoms with Crippen LogP contribution in [-0.2, 0) is 16.3 Å². The van der Waals surface area contributed by atoms with Crippen LogP contribution < -0.4 is 5.32 Å². The fourth-order valence-corrected chi connectivity index (χ4v) is 4.87. The quantitative estimate of drug-likeness (QED) is 0.909. The van der Waals surface area contributed by atoms with Crippen molar-refractivity contribution in [2.24, 2.45) is 11.8 Å². The van der Waals surface area contributed by atoms with Crippen molar-refractivity contribution in [3.05, 3.63) is 35.9 Å². The zero-order chi connectivity index (χ0) is 15.5. The summed E-state index contributed by atoms with van der Waals surface area (Å²) in [5, 5.41) is 3.55. The average molecular weight is 309 g/mol. The Morgan fingerprint density at radius 2 is 1.90 bits per heavy atom. The molecule has 118 valence electrons. The summed E-state index contributed by atoms with van der Waals surface area (Å²) in [7, 11) is -2.81. The van der Waals surface area contributed by atoms with E-state index in [0.29, 0.717) is 17.4 Å². The minimum absolute atomic E-state index is 0.0619. The lowest BCUT2D eigenvalue weighted by Crippen LogP contribution is -2.41. The van der Waals surface area contributed by atoms with Gasteiger partial charge in [-0.2, -0.15) is 0 Å². The molecule has 0 aliphatic carbocycles. The summed E-state index contributed by atoms with van der Waals surface area (Å²) in [5.74, 6) is 1.38. The second-order valence-electron chi connectivity index (χ2n) is 7.24. The first kappa shape index (κ1) is 16.5. The minimum atomic E-state index is -2.81. The van der Waals surface area contributed by atoms with E-state index < -0.39 is 9.84 Å². The molecule has 0 spiro atoms. The predicted octanol–water partition coefficient (Wildman–Crippen LogP) is 2.67. The van der Waals surface area contributed by atoms with Crippen molar-refractivity contribution < 1.29 is 8.42 Å². The summed E-state index contributed by atoms with van der Waals surface area (Å²) >= 11 is 0. The maximum absolute atomic E-state index is 11.8. The molecule has 0 radical (unpaired) electrons. The SMILES string of the molecule is CC(C)(C)NCC(Cc1ccccc1)C1CCS(=O)(=O)C1. The first-order chi connectivity index (χ1) is 9.75. The molecule has 0 bridgehead atoms. The smallest absolute Gasteiger partial charge is 0.150 e. The molecule has 1 aromatic carbocycles. The molecule has 0 amide bonds. The Bertz CT molecular complexity index is 546. The van der Waals surface area contributed by atoms with Crippen molar-refractivity contribution in [3.8, 4) is 0 Å². The number of nitrogens with one attached hydrogen (secondary N) is 1. The van der Waals surface area contributed by atoms with Crippen LogP contribution in [0.25, 0.3) is 0 Å². The van der Waals surface area contributed by atoms with Gasteiger partial charge in [-0.05, 0) is 57.6 Å². The lowest BCUT2D eigenvalue weighted by atomic mass is 9.85. The molecule has 2 unspecified atom stereocenters. The van der Waals surface area contributed by atoms with Crippen LogP contribution in [0.15, 0.2) is 30.3 Å². The van der Waals surface area contributed by atoms with Gasteiger partial charge in [0.1, 0.15) is 0 Å². The van der Waals surface area contributed by atoms with Crippen molar-refractivity contribution in [2.75, 3.05) is 18.1 Å². The molecule has 21 heavy (non-hydrogen) atoms. The summed E-state index contributed by atoms with van der Waals surface area (Å²) < 4.78 is 23.6. The minimum Gasteiger partial charge on any atom is -0.312 e. The lowest BCUT2D eigenvalue weighted by molar-refractivity contribution is 0.302. The van der Waals surface area contributed by atoms with Gasteiger partial charge in [0.25, 0.3) is 0 Å². The van der Waals surface area contributed by atoms with Crippen molar-refractivity contribution in [1.29, 1.82) is 0 Å². The van der Waals surface area contributed by atoms with E-state index in [1.54, 1.807) is 0 Å². The van der Waals surface area contributed by atoms with Gasteiger partial charge in [0.2, 0.25) is 0 Å². The number of rotatable bonds is 5. The van der Waals surface area contributed by atoms with E-state index in [-0.39, 0.29) is 11.5 Å². The standard InChI is InChI=1S/C17H27NO2S/c1-17(2,3)18-12-16(11-14-7-5-4-6-8-14)15-9-10-21(19,20)13-15/h4-8,15-16,18H,9-13H2,1-3H3. The van der Waals surface area contributed by atoms with Crippen molar-refractivity contribution in [2.45, 2.75) is 39.2 Å². The van der Waals surface area contributed by atoms with E-state index in [1.807, 2.05) is 6.07 Å². The molecule has 2 atom stereocenters. The molecular weight excluding hydrogens is 282 g/mol. The second kappa shape index (κ2) is 6.49. The molecule has 1 N–H and O–H groups in total. The number of sulfone groups is 1. The third-order valence-electron chi connectivity index (χ3n) is 4.17. The van der Waals surface area contributed by atoms with Gasteiger partial charge in [-0.15, -0.1) is 0 Å². The molecule has 1 heterocycles. The Morgan fingerprint density at radius 1 is 1.24 bits per heavy atom. The predicted molar refractivity (Wildman–Crippen MR) is 88.2 cm³/mol. The lowest BCUT2D eigenvalue weighted by Gasteiger charge is -2.28. The van der Waals surface area contributed by atoms with E-state index in [0.717, 1.165) is 19.4 Å². The van der Waals surface area contributed by atoms with Crippen LogP contribution in [0.4, 0.5) is 0 Å². The Kier molecular flexibility index (Phi) is 5.10. The van der Waals surface area contributed by atoms with Gasteiger partial charge in [-0.1, -0.05) is 30.3 Å². The molecule has 0 aromatic heterocycles. The van der Waals surface area contributed by atoms with E-state index in [9.17, 15) is 8.42 Å². The molecule has 0 saturated carbocycles. The van der Waals surface area contributed by atoms with Gasteiger partial charge < -0.3 is 5.32 Å². The third-order valence-corrected chi connectivity index (χ3v) is 5.96. The maximum atomic E-state index is 11.8. The third kappa shape index (κ3) is 5.44. The molecule has 1 saturated heterocycles. The van der Waals surface area contributed by atoms with Gasteiger partial charge in [-0.25, -0.2) is 8.42 Å². The second-order valence-corrected chi connectivity index (χ2v) is 9.47. The molecule has 1 aliphatic rings. The van der Waals surface area contributed by atoms with Crippen molar-refractivity contribution >= 4 is 9.84 Å². The monoisotopic (exact) mass is 309 g/mol. The molecule has 2 rings (SSSR count). The molecule has 3 nitrogen and oxygen atoms in total. The molecule has 1 aromatic rings. The summed E-state index contributed by atoms with van der Waals surface area (Å²) in [6.07, 6.45) is 1.76. The highest BCUT2D eigenvalue weighted by Crippen LogP contribution is 2.28. The fraction of sp³-hybridized carbons (Fsp3) is 0.647. The number of hydrogen-bond donors (Lipinski definition) is 1. The van der Waals surface area contributed by atoms with Crippen LogP contribution in [0, 0.1) is 11.8 Å². The van der Waals surface area contributed by atoms with Crippen LogP contribution in [0.3, 0.4) is 0 Å². The maximum Gasteiger partial charge on any atom is 0.150 e. The van der Waals surface area contributed by atoms with Gasteiger partial charge in [0.15, 0.2) is 9.84 Å². The van der Waals surface area contributed by atoms with Gasteiger partial charge in [0, 0.05) is 5.54 Å². The van der Waals surface area contributed by atoms with Crippen LogP contribution in [-0.4, -0.2) is 32.0 Å². The van der Waals surface area contributed by atoms with Crippen molar-refractivity contribution in [3.63, 3.8) is 0 Å². The van der Waals surface area contributed by atoms with Crippen LogP contribution in [0.5, 0.6) is 0 Å².